The summed E-state index contributed by atoms with van der Waals surface area (Å²) in [4.78, 5) is 25.2. The summed E-state index contributed by atoms with van der Waals surface area (Å²) < 4.78 is 1.73. The summed E-state index contributed by atoms with van der Waals surface area (Å²) in [6.07, 6.45) is 2.03. The van der Waals surface area contributed by atoms with E-state index in [0.29, 0.717) is 18.8 Å². The number of non-ortho nitro benzene ring substituents is 1. The van der Waals surface area contributed by atoms with Crippen molar-refractivity contribution in [2.75, 3.05) is 13.1 Å². The van der Waals surface area contributed by atoms with E-state index in [9.17, 15) is 14.9 Å². The summed E-state index contributed by atoms with van der Waals surface area (Å²) in [5.41, 5.74) is 3.92. The molecule has 0 bridgehead atoms. The molecule has 0 fully saturated rings. The molecule has 30 heavy (non-hydrogen) atoms. The van der Waals surface area contributed by atoms with Crippen LogP contribution in [0, 0.1) is 10.1 Å². The summed E-state index contributed by atoms with van der Waals surface area (Å²) >= 11 is 0. The summed E-state index contributed by atoms with van der Waals surface area (Å²) in [5, 5.41) is 15.7. The monoisotopic (exact) mass is 404 g/mol. The Balaban J connectivity index is 1.99. The number of nitro benzene ring substituents is 1. The van der Waals surface area contributed by atoms with E-state index in [4.69, 9.17) is 0 Å². The maximum Gasteiger partial charge on any atom is 0.269 e. The van der Waals surface area contributed by atoms with E-state index in [1.807, 2.05) is 50.4 Å². The SMILES string of the molecule is C=C(C)CN(CC)C(=O)Cc1cn(-c2ccccc2)nc1-c1ccc([N+](=O)[O-])cc1. The predicted octanol–water partition coefficient (Wildman–Crippen LogP) is 4.41. The molecule has 0 N–H and O–H groups in total. The van der Waals surface area contributed by atoms with Crippen molar-refractivity contribution < 1.29 is 9.72 Å². The van der Waals surface area contributed by atoms with E-state index in [1.165, 1.54) is 12.1 Å². The first-order valence-corrected chi connectivity index (χ1v) is 9.70. The van der Waals surface area contributed by atoms with Crippen molar-refractivity contribution in [3.05, 3.63) is 88.6 Å². The Bertz CT molecular complexity index is 1060. The molecule has 0 radical (unpaired) electrons. The Morgan fingerprint density at radius 3 is 2.40 bits per heavy atom. The van der Waals surface area contributed by atoms with Crippen molar-refractivity contribution >= 4 is 11.6 Å². The average molecular weight is 404 g/mol. The number of aromatic nitrogens is 2. The molecule has 1 amide bonds. The molecule has 1 aromatic heterocycles. The van der Waals surface area contributed by atoms with E-state index in [1.54, 1.807) is 21.7 Å². The Labute approximate surface area is 175 Å². The van der Waals surface area contributed by atoms with Crippen LogP contribution in [-0.2, 0) is 11.2 Å². The molecule has 0 saturated carbocycles. The van der Waals surface area contributed by atoms with Gasteiger partial charge in [-0.15, -0.1) is 0 Å². The average Bonchev–Trinajstić information content (AvgIpc) is 3.16. The van der Waals surface area contributed by atoms with Crippen LogP contribution in [-0.4, -0.2) is 38.6 Å². The molecule has 0 aliphatic carbocycles. The molecule has 0 aliphatic rings. The lowest BCUT2D eigenvalue weighted by molar-refractivity contribution is -0.384. The summed E-state index contributed by atoms with van der Waals surface area (Å²) in [7, 11) is 0. The Morgan fingerprint density at radius 2 is 1.83 bits per heavy atom. The van der Waals surface area contributed by atoms with Gasteiger partial charge < -0.3 is 4.90 Å². The molecule has 0 aliphatic heterocycles. The minimum atomic E-state index is -0.437. The van der Waals surface area contributed by atoms with Crippen LogP contribution in [0.1, 0.15) is 19.4 Å². The second kappa shape index (κ2) is 9.17. The number of hydrogen-bond acceptors (Lipinski definition) is 4. The number of carbonyl (C=O) groups excluding carboxylic acids is 1. The van der Waals surface area contributed by atoms with Gasteiger partial charge in [0, 0.05) is 42.5 Å². The number of amides is 1. The zero-order valence-corrected chi connectivity index (χ0v) is 17.1. The van der Waals surface area contributed by atoms with Crippen molar-refractivity contribution in [2.24, 2.45) is 0 Å². The molecule has 154 valence electrons. The third-order valence-electron chi connectivity index (χ3n) is 4.70. The van der Waals surface area contributed by atoms with Gasteiger partial charge in [-0.1, -0.05) is 30.4 Å². The van der Waals surface area contributed by atoms with E-state index in [2.05, 4.69) is 11.7 Å². The van der Waals surface area contributed by atoms with Crippen LogP contribution in [0.4, 0.5) is 5.69 Å². The van der Waals surface area contributed by atoms with E-state index in [0.717, 1.165) is 22.4 Å². The number of nitro groups is 1. The first kappa shape index (κ1) is 21.0. The van der Waals surface area contributed by atoms with Crippen LogP contribution in [0.3, 0.4) is 0 Å². The van der Waals surface area contributed by atoms with Crippen LogP contribution in [0.25, 0.3) is 16.9 Å². The van der Waals surface area contributed by atoms with Gasteiger partial charge in [0.1, 0.15) is 0 Å². The van der Waals surface area contributed by atoms with Gasteiger partial charge in [-0.05, 0) is 38.1 Å². The maximum atomic E-state index is 12.9. The highest BCUT2D eigenvalue weighted by molar-refractivity contribution is 5.81. The number of para-hydroxylation sites is 1. The highest BCUT2D eigenvalue weighted by atomic mass is 16.6. The third-order valence-corrected chi connectivity index (χ3v) is 4.70. The molecule has 7 heteroatoms. The number of benzene rings is 2. The van der Waals surface area contributed by atoms with Crippen molar-refractivity contribution in [2.45, 2.75) is 20.3 Å². The Kier molecular flexibility index (Phi) is 6.41. The highest BCUT2D eigenvalue weighted by Gasteiger charge is 2.19. The number of likely N-dealkylation sites (N-methyl/N-ethyl adjacent to an activating group) is 1. The summed E-state index contributed by atoms with van der Waals surface area (Å²) in [5.74, 6) is -0.0173. The smallest absolute Gasteiger partial charge is 0.269 e. The third kappa shape index (κ3) is 4.81. The lowest BCUT2D eigenvalue weighted by atomic mass is 10.0. The summed E-state index contributed by atoms with van der Waals surface area (Å²) in [6.45, 7) is 8.83. The van der Waals surface area contributed by atoms with Crippen molar-refractivity contribution in [1.82, 2.24) is 14.7 Å². The molecular weight excluding hydrogens is 380 g/mol. The molecular formula is C23H24N4O3. The molecule has 7 nitrogen and oxygen atoms in total. The van der Waals surface area contributed by atoms with Crippen LogP contribution >= 0.6 is 0 Å². The van der Waals surface area contributed by atoms with E-state index < -0.39 is 4.92 Å². The minimum Gasteiger partial charge on any atom is -0.339 e. The fourth-order valence-corrected chi connectivity index (χ4v) is 3.21. The van der Waals surface area contributed by atoms with Gasteiger partial charge in [0.25, 0.3) is 5.69 Å². The topological polar surface area (TPSA) is 81.3 Å². The first-order chi connectivity index (χ1) is 14.4. The van der Waals surface area contributed by atoms with Crippen LogP contribution in [0.2, 0.25) is 0 Å². The molecule has 1 heterocycles. The maximum absolute atomic E-state index is 12.9. The fourth-order valence-electron chi connectivity index (χ4n) is 3.21. The number of rotatable bonds is 8. The Morgan fingerprint density at radius 1 is 1.17 bits per heavy atom. The van der Waals surface area contributed by atoms with Crippen molar-refractivity contribution in [1.29, 1.82) is 0 Å². The molecule has 0 spiro atoms. The van der Waals surface area contributed by atoms with E-state index >= 15 is 0 Å². The predicted molar refractivity (Wildman–Crippen MR) is 116 cm³/mol. The van der Waals surface area contributed by atoms with Gasteiger partial charge in [-0.2, -0.15) is 5.10 Å². The highest BCUT2D eigenvalue weighted by Crippen LogP contribution is 2.26. The van der Waals surface area contributed by atoms with Crippen LogP contribution in [0.5, 0.6) is 0 Å². The number of hydrogen-bond donors (Lipinski definition) is 0. The first-order valence-electron chi connectivity index (χ1n) is 9.70. The van der Waals surface area contributed by atoms with Crippen molar-refractivity contribution in [3.8, 4) is 16.9 Å². The van der Waals surface area contributed by atoms with Gasteiger partial charge in [0.05, 0.1) is 22.7 Å². The number of nitrogens with zero attached hydrogens (tertiary/aromatic N) is 4. The van der Waals surface area contributed by atoms with Gasteiger partial charge in [0.15, 0.2) is 0 Å². The molecule has 3 aromatic rings. The zero-order chi connectivity index (χ0) is 21.7. The summed E-state index contributed by atoms with van der Waals surface area (Å²) in [6, 6.07) is 15.8. The fraction of sp³-hybridized carbons (Fsp3) is 0.217. The van der Waals surface area contributed by atoms with Crippen LogP contribution < -0.4 is 0 Å². The second-order valence-corrected chi connectivity index (χ2v) is 7.13. The quantitative estimate of drug-likeness (QED) is 0.316. The lowest BCUT2D eigenvalue weighted by Gasteiger charge is -2.20. The molecule has 0 atom stereocenters. The van der Waals surface area contributed by atoms with Gasteiger partial charge in [-0.3, -0.25) is 14.9 Å². The van der Waals surface area contributed by atoms with Crippen molar-refractivity contribution in [3.63, 3.8) is 0 Å². The largest absolute Gasteiger partial charge is 0.339 e. The molecule has 0 saturated heterocycles. The standard InChI is InChI=1S/C23H24N4O3/c1-4-25(15-17(2)3)22(28)14-19-16-26(20-8-6-5-7-9-20)24-23(19)18-10-12-21(13-11-18)27(29)30/h5-13,16H,2,4,14-15H2,1,3H3. The van der Waals surface area contributed by atoms with Gasteiger partial charge in [-0.25, -0.2) is 4.68 Å². The normalized spacial score (nSPS) is 10.6. The zero-order valence-electron chi connectivity index (χ0n) is 17.1. The Hall–Kier alpha value is -3.74. The van der Waals surface area contributed by atoms with Gasteiger partial charge >= 0.3 is 0 Å². The lowest BCUT2D eigenvalue weighted by Crippen LogP contribution is -2.33. The van der Waals surface area contributed by atoms with E-state index in [-0.39, 0.29) is 18.0 Å². The minimum absolute atomic E-state index is 0.0116. The molecule has 2 aromatic carbocycles. The number of carbonyl (C=O) groups is 1. The second-order valence-electron chi connectivity index (χ2n) is 7.13. The van der Waals surface area contributed by atoms with Crippen LogP contribution in [0.15, 0.2) is 72.9 Å². The molecule has 0 unspecified atom stereocenters. The molecule has 3 rings (SSSR count). The van der Waals surface area contributed by atoms with Gasteiger partial charge in [0.2, 0.25) is 5.91 Å².